The van der Waals surface area contributed by atoms with Crippen LogP contribution in [0, 0.1) is 17.7 Å². The highest BCUT2D eigenvalue weighted by atomic mass is 19.1. The van der Waals surface area contributed by atoms with Crippen molar-refractivity contribution >= 4 is 11.8 Å². The third-order valence-electron chi connectivity index (χ3n) is 2.68. The number of carbonyl (C=O) groups excluding carboxylic acids is 2. The topological polar surface area (TPSA) is 83.6 Å². The van der Waals surface area contributed by atoms with E-state index in [2.05, 4.69) is 11.8 Å². The molecule has 2 amide bonds. The number of hydrogen-bond acceptors (Lipinski definition) is 3. The Morgan fingerprint density at radius 2 is 2.14 bits per heavy atom. The Morgan fingerprint density at radius 3 is 2.71 bits per heavy atom. The fraction of sp³-hybridized carbons (Fsp3) is 0.333. The summed E-state index contributed by atoms with van der Waals surface area (Å²) in [5.74, 6) is 3.46. The van der Waals surface area contributed by atoms with Crippen molar-refractivity contribution in [3.63, 3.8) is 0 Å². The summed E-state index contributed by atoms with van der Waals surface area (Å²) >= 11 is 0. The standard InChI is InChI=1S/C15H17FN2O3/c1-2-18(10-14(17)20)15(21)12-9-11(5-3-4-8-19)6-7-13(12)16/h6-7,9,19H,2,4,8,10H2,1H3,(H2,17,20). The van der Waals surface area contributed by atoms with Crippen LogP contribution >= 0.6 is 0 Å². The number of rotatable bonds is 5. The molecule has 0 aliphatic rings. The lowest BCUT2D eigenvalue weighted by atomic mass is 10.1. The van der Waals surface area contributed by atoms with Crippen LogP contribution in [0.3, 0.4) is 0 Å². The molecule has 0 unspecified atom stereocenters. The minimum absolute atomic E-state index is 0.0673. The molecule has 5 nitrogen and oxygen atoms in total. The predicted octanol–water partition coefficient (Wildman–Crippen LogP) is 0.507. The Bertz CT molecular complexity index is 590. The van der Waals surface area contributed by atoms with Gasteiger partial charge in [0.25, 0.3) is 5.91 Å². The number of carbonyl (C=O) groups is 2. The summed E-state index contributed by atoms with van der Waals surface area (Å²) in [6.45, 7) is 1.57. The number of likely N-dealkylation sites (N-methyl/N-ethyl adjacent to an activating group) is 1. The number of aliphatic hydroxyl groups excluding tert-OH is 1. The Labute approximate surface area is 122 Å². The lowest BCUT2D eigenvalue weighted by Gasteiger charge is -2.19. The first kappa shape index (κ1) is 16.7. The molecule has 0 aliphatic heterocycles. The van der Waals surface area contributed by atoms with Crippen molar-refractivity contribution in [3.05, 3.63) is 35.1 Å². The van der Waals surface area contributed by atoms with Gasteiger partial charge in [-0.25, -0.2) is 4.39 Å². The van der Waals surface area contributed by atoms with E-state index in [-0.39, 0.29) is 25.3 Å². The van der Waals surface area contributed by atoms with E-state index >= 15 is 0 Å². The Kier molecular flexibility index (Phi) is 6.37. The minimum Gasteiger partial charge on any atom is -0.395 e. The molecule has 0 aliphatic carbocycles. The van der Waals surface area contributed by atoms with Crippen LogP contribution in [0.4, 0.5) is 4.39 Å². The van der Waals surface area contributed by atoms with E-state index < -0.39 is 17.6 Å². The molecule has 0 atom stereocenters. The van der Waals surface area contributed by atoms with Crippen LogP contribution in [-0.2, 0) is 4.79 Å². The average Bonchev–Trinajstić information content (AvgIpc) is 2.46. The van der Waals surface area contributed by atoms with Crippen molar-refractivity contribution in [2.45, 2.75) is 13.3 Å². The zero-order valence-electron chi connectivity index (χ0n) is 11.7. The summed E-state index contributed by atoms with van der Waals surface area (Å²) in [6.07, 6.45) is 0.295. The Balaban J connectivity index is 3.05. The fourth-order valence-electron chi connectivity index (χ4n) is 1.67. The van der Waals surface area contributed by atoms with E-state index in [1.807, 2.05) is 0 Å². The molecule has 0 saturated carbocycles. The number of halogens is 1. The summed E-state index contributed by atoms with van der Waals surface area (Å²) in [7, 11) is 0. The van der Waals surface area contributed by atoms with Crippen LogP contribution in [0.15, 0.2) is 18.2 Å². The van der Waals surface area contributed by atoms with Crippen molar-refractivity contribution in [2.24, 2.45) is 5.73 Å². The highest BCUT2D eigenvalue weighted by Gasteiger charge is 2.19. The Morgan fingerprint density at radius 1 is 1.43 bits per heavy atom. The zero-order chi connectivity index (χ0) is 15.8. The minimum atomic E-state index is -0.685. The Hall–Kier alpha value is -2.39. The second-order valence-corrected chi connectivity index (χ2v) is 4.26. The SMILES string of the molecule is CCN(CC(N)=O)C(=O)c1cc(C#CCCO)ccc1F. The van der Waals surface area contributed by atoms with E-state index in [0.29, 0.717) is 12.0 Å². The average molecular weight is 292 g/mol. The van der Waals surface area contributed by atoms with Gasteiger partial charge in [-0.2, -0.15) is 0 Å². The van der Waals surface area contributed by atoms with Crippen LogP contribution in [0.5, 0.6) is 0 Å². The molecule has 0 bridgehead atoms. The number of nitrogens with two attached hydrogens (primary N) is 1. The van der Waals surface area contributed by atoms with Gasteiger partial charge in [-0.15, -0.1) is 0 Å². The summed E-state index contributed by atoms with van der Waals surface area (Å²) in [4.78, 5) is 24.3. The van der Waals surface area contributed by atoms with Gasteiger partial charge in [0.05, 0.1) is 18.7 Å². The maximum atomic E-state index is 13.8. The molecule has 0 fully saturated rings. The first-order valence-electron chi connectivity index (χ1n) is 6.46. The van der Waals surface area contributed by atoms with Gasteiger partial charge in [-0.3, -0.25) is 9.59 Å². The smallest absolute Gasteiger partial charge is 0.257 e. The van der Waals surface area contributed by atoms with Crippen LogP contribution in [0.25, 0.3) is 0 Å². The van der Waals surface area contributed by atoms with Crippen molar-refractivity contribution in [3.8, 4) is 11.8 Å². The second-order valence-electron chi connectivity index (χ2n) is 4.26. The number of primary amides is 1. The number of amides is 2. The first-order chi connectivity index (χ1) is 9.99. The monoisotopic (exact) mass is 292 g/mol. The molecule has 0 aromatic heterocycles. The molecule has 0 heterocycles. The van der Waals surface area contributed by atoms with Crippen molar-refractivity contribution in [1.82, 2.24) is 4.90 Å². The number of nitrogens with zero attached hydrogens (tertiary/aromatic N) is 1. The summed E-state index contributed by atoms with van der Waals surface area (Å²) in [5.41, 5.74) is 5.36. The van der Waals surface area contributed by atoms with E-state index in [4.69, 9.17) is 10.8 Å². The van der Waals surface area contributed by atoms with Crippen molar-refractivity contribution in [2.75, 3.05) is 19.7 Å². The molecule has 1 rings (SSSR count). The lowest BCUT2D eigenvalue weighted by Crippen LogP contribution is -2.38. The van der Waals surface area contributed by atoms with Crippen molar-refractivity contribution < 1.29 is 19.1 Å². The predicted molar refractivity (Wildman–Crippen MR) is 75.8 cm³/mol. The zero-order valence-corrected chi connectivity index (χ0v) is 11.7. The maximum Gasteiger partial charge on any atom is 0.257 e. The normalized spacial score (nSPS) is 9.67. The van der Waals surface area contributed by atoms with Crippen LogP contribution in [0.1, 0.15) is 29.3 Å². The quantitative estimate of drug-likeness (QED) is 0.775. The molecule has 1 aromatic carbocycles. The molecule has 0 spiro atoms. The van der Waals surface area contributed by atoms with Crippen LogP contribution < -0.4 is 5.73 Å². The van der Waals surface area contributed by atoms with Gasteiger partial charge in [0, 0.05) is 18.5 Å². The fourth-order valence-corrected chi connectivity index (χ4v) is 1.67. The van der Waals surface area contributed by atoms with Gasteiger partial charge in [-0.1, -0.05) is 11.8 Å². The van der Waals surface area contributed by atoms with Crippen molar-refractivity contribution in [1.29, 1.82) is 0 Å². The van der Waals surface area contributed by atoms with Gasteiger partial charge < -0.3 is 15.7 Å². The van der Waals surface area contributed by atoms with Gasteiger partial charge in [0.2, 0.25) is 5.91 Å². The van der Waals surface area contributed by atoms with Crippen LogP contribution in [0.2, 0.25) is 0 Å². The van der Waals surface area contributed by atoms with Gasteiger partial charge in [0.1, 0.15) is 5.82 Å². The van der Waals surface area contributed by atoms with E-state index in [1.165, 1.54) is 12.1 Å². The van der Waals surface area contributed by atoms with Crippen LogP contribution in [-0.4, -0.2) is 41.5 Å². The lowest BCUT2D eigenvalue weighted by molar-refractivity contribution is -0.118. The van der Waals surface area contributed by atoms with Gasteiger partial charge in [-0.05, 0) is 25.1 Å². The maximum absolute atomic E-state index is 13.8. The summed E-state index contributed by atoms with van der Waals surface area (Å²) in [6, 6.07) is 3.92. The van der Waals surface area contributed by atoms with E-state index in [0.717, 1.165) is 11.0 Å². The van der Waals surface area contributed by atoms with E-state index in [1.54, 1.807) is 6.92 Å². The third-order valence-corrected chi connectivity index (χ3v) is 2.68. The van der Waals surface area contributed by atoms with Gasteiger partial charge >= 0.3 is 0 Å². The molecular weight excluding hydrogens is 275 g/mol. The molecule has 3 N–H and O–H groups in total. The second kappa shape index (κ2) is 8.02. The van der Waals surface area contributed by atoms with E-state index in [9.17, 15) is 14.0 Å². The first-order valence-corrected chi connectivity index (χ1v) is 6.46. The third kappa shape index (κ3) is 4.89. The molecule has 0 radical (unpaired) electrons. The van der Waals surface area contributed by atoms with Gasteiger partial charge in [0.15, 0.2) is 0 Å². The number of hydrogen-bond donors (Lipinski definition) is 2. The molecule has 0 saturated heterocycles. The highest BCUT2D eigenvalue weighted by Crippen LogP contribution is 2.13. The number of benzene rings is 1. The highest BCUT2D eigenvalue weighted by molar-refractivity contribution is 5.96. The molecule has 21 heavy (non-hydrogen) atoms. The number of aliphatic hydroxyl groups is 1. The summed E-state index contributed by atoms with van der Waals surface area (Å²) in [5, 5.41) is 8.65. The summed E-state index contributed by atoms with van der Waals surface area (Å²) < 4.78 is 13.8. The molecule has 1 aromatic rings. The largest absolute Gasteiger partial charge is 0.395 e. The molecular formula is C15H17FN2O3. The molecule has 6 heteroatoms. The molecule has 112 valence electrons.